The number of benzene rings is 1. The first-order valence-electron chi connectivity index (χ1n) is 7.05. The molecule has 1 aromatic carbocycles. The van der Waals surface area contributed by atoms with Crippen molar-refractivity contribution in [1.29, 1.82) is 0 Å². The van der Waals surface area contributed by atoms with E-state index in [-0.39, 0.29) is 22.5 Å². The van der Waals surface area contributed by atoms with Crippen molar-refractivity contribution in [2.45, 2.75) is 6.92 Å². The molecule has 3 aromatic heterocycles. The Hall–Kier alpha value is -3.42. The number of fused-ring (bicyclic) bond motifs is 1. The van der Waals surface area contributed by atoms with Gasteiger partial charge >= 0.3 is 5.63 Å². The lowest BCUT2D eigenvalue weighted by molar-refractivity contribution is 0.514. The molecule has 0 bridgehead atoms. The van der Waals surface area contributed by atoms with E-state index in [1.54, 1.807) is 42.3 Å². The first-order valence-corrected chi connectivity index (χ1v) is 7.05. The predicted molar refractivity (Wildman–Crippen MR) is 83.1 cm³/mol. The summed E-state index contributed by atoms with van der Waals surface area (Å²) in [6.07, 6.45) is 4.93. The van der Waals surface area contributed by atoms with Gasteiger partial charge in [0, 0.05) is 18.5 Å². The zero-order valence-corrected chi connectivity index (χ0v) is 12.5. The van der Waals surface area contributed by atoms with Crippen molar-refractivity contribution in [2.24, 2.45) is 0 Å². The van der Waals surface area contributed by atoms with Gasteiger partial charge in [0.05, 0.1) is 10.9 Å². The molecule has 0 atom stereocenters. The molecule has 0 saturated carbocycles. The summed E-state index contributed by atoms with van der Waals surface area (Å²) < 4.78 is 20.6. The molecule has 0 fully saturated rings. The predicted octanol–water partition coefficient (Wildman–Crippen LogP) is 2.28. The van der Waals surface area contributed by atoms with Crippen LogP contribution in [-0.4, -0.2) is 24.7 Å². The fourth-order valence-electron chi connectivity index (χ4n) is 2.28. The summed E-state index contributed by atoms with van der Waals surface area (Å²) >= 11 is 0. The first-order chi connectivity index (χ1) is 11.6. The standard InChI is InChI=1S/C16H10FN5O2/c1-9-6-10-13(7-11(9)17)19-15(24-16(10)23)12-2-3-14(21-20-12)22-5-4-18-8-22/h2-8H,1H3. The maximum Gasteiger partial charge on any atom is 0.347 e. The molecule has 0 radical (unpaired) electrons. The second-order valence-electron chi connectivity index (χ2n) is 5.17. The highest BCUT2D eigenvalue weighted by atomic mass is 19.1. The highest BCUT2D eigenvalue weighted by Crippen LogP contribution is 2.19. The molecule has 24 heavy (non-hydrogen) atoms. The molecule has 0 aliphatic rings. The van der Waals surface area contributed by atoms with E-state index in [1.807, 2.05) is 0 Å². The number of hydrogen-bond acceptors (Lipinski definition) is 6. The molecule has 0 saturated heterocycles. The van der Waals surface area contributed by atoms with Gasteiger partial charge in [0.25, 0.3) is 5.89 Å². The molecule has 0 unspecified atom stereocenters. The van der Waals surface area contributed by atoms with Crippen molar-refractivity contribution in [3.63, 3.8) is 0 Å². The SMILES string of the molecule is Cc1cc2c(=O)oc(-c3ccc(-n4ccnc4)nn3)nc2cc1F. The molecule has 4 rings (SSSR count). The molecule has 4 aromatic rings. The number of aromatic nitrogens is 5. The maximum absolute atomic E-state index is 13.7. The van der Waals surface area contributed by atoms with Gasteiger partial charge in [0.15, 0.2) is 5.82 Å². The Kier molecular flexibility index (Phi) is 3.16. The number of halogens is 1. The Balaban J connectivity index is 1.81. The molecule has 0 spiro atoms. The fraction of sp³-hybridized carbons (Fsp3) is 0.0625. The van der Waals surface area contributed by atoms with Gasteiger partial charge in [-0.15, -0.1) is 10.2 Å². The topological polar surface area (TPSA) is 86.7 Å². The summed E-state index contributed by atoms with van der Waals surface area (Å²) in [6.45, 7) is 1.57. The summed E-state index contributed by atoms with van der Waals surface area (Å²) in [5.41, 5.74) is 0.246. The number of imidazole rings is 1. The smallest absolute Gasteiger partial charge is 0.347 e. The van der Waals surface area contributed by atoms with E-state index in [1.165, 1.54) is 12.1 Å². The fourth-order valence-corrected chi connectivity index (χ4v) is 2.28. The van der Waals surface area contributed by atoms with E-state index >= 15 is 0 Å². The van der Waals surface area contributed by atoms with Crippen LogP contribution in [-0.2, 0) is 0 Å². The van der Waals surface area contributed by atoms with Crippen LogP contribution in [0.5, 0.6) is 0 Å². The lowest BCUT2D eigenvalue weighted by atomic mass is 10.1. The van der Waals surface area contributed by atoms with Crippen molar-refractivity contribution < 1.29 is 8.81 Å². The lowest BCUT2D eigenvalue weighted by Gasteiger charge is -2.03. The number of rotatable bonds is 2. The molecule has 0 aliphatic carbocycles. The minimum atomic E-state index is -0.599. The monoisotopic (exact) mass is 323 g/mol. The Labute approximate surface area is 134 Å². The van der Waals surface area contributed by atoms with Gasteiger partial charge in [-0.25, -0.2) is 19.2 Å². The summed E-state index contributed by atoms with van der Waals surface area (Å²) in [6, 6.07) is 5.93. The van der Waals surface area contributed by atoms with Crippen LogP contribution in [0.4, 0.5) is 4.39 Å². The van der Waals surface area contributed by atoms with Gasteiger partial charge in [0.1, 0.15) is 17.8 Å². The van der Waals surface area contributed by atoms with Crippen LogP contribution in [0.3, 0.4) is 0 Å². The van der Waals surface area contributed by atoms with E-state index in [4.69, 9.17) is 4.42 Å². The lowest BCUT2D eigenvalue weighted by Crippen LogP contribution is -2.05. The van der Waals surface area contributed by atoms with Crippen molar-refractivity contribution in [3.8, 4) is 17.4 Å². The highest BCUT2D eigenvalue weighted by Gasteiger charge is 2.12. The second-order valence-corrected chi connectivity index (χ2v) is 5.17. The minimum absolute atomic E-state index is 0.0135. The van der Waals surface area contributed by atoms with E-state index in [0.717, 1.165) is 0 Å². The largest absolute Gasteiger partial charge is 0.401 e. The Morgan fingerprint density at radius 2 is 2.08 bits per heavy atom. The Morgan fingerprint density at radius 1 is 1.21 bits per heavy atom. The second kappa shape index (κ2) is 5.34. The van der Waals surface area contributed by atoms with Crippen molar-refractivity contribution in [2.75, 3.05) is 0 Å². The average Bonchev–Trinajstić information content (AvgIpc) is 3.11. The molecule has 0 N–H and O–H groups in total. The van der Waals surface area contributed by atoms with E-state index in [9.17, 15) is 9.18 Å². The van der Waals surface area contributed by atoms with Crippen LogP contribution in [0.15, 0.2) is 52.2 Å². The van der Waals surface area contributed by atoms with Crippen LogP contribution in [0.1, 0.15) is 5.56 Å². The summed E-state index contributed by atoms with van der Waals surface area (Å²) in [4.78, 5) is 20.2. The molecular formula is C16H10FN5O2. The highest BCUT2D eigenvalue weighted by molar-refractivity contribution is 5.79. The van der Waals surface area contributed by atoms with Crippen LogP contribution in [0.25, 0.3) is 28.3 Å². The van der Waals surface area contributed by atoms with Crippen LogP contribution >= 0.6 is 0 Å². The van der Waals surface area contributed by atoms with Gasteiger partial charge in [-0.2, -0.15) is 0 Å². The third kappa shape index (κ3) is 2.34. The van der Waals surface area contributed by atoms with Crippen molar-refractivity contribution in [3.05, 3.63) is 64.8 Å². The molecule has 8 heteroatoms. The van der Waals surface area contributed by atoms with Gasteiger partial charge in [0.2, 0.25) is 0 Å². The Bertz CT molecular complexity index is 1090. The number of hydrogen-bond donors (Lipinski definition) is 0. The summed E-state index contributed by atoms with van der Waals surface area (Å²) in [5.74, 6) is 0.106. The van der Waals surface area contributed by atoms with Crippen molar-refractivity contribution in [1.82, 2.24) is 24.7 Å². The zero-order valence-electron chi connectivity index (χ0n) is 12.5. The first kappa shape index (κ1) is 14.2. The molecular weight excluding hydrogens is 313 g/mol. The molecule has 118 valence electrons. The van der Waals surface area contributed by atoms with Crippen molar-refractivity contribution >= 4 is 10.9 Å². The zero-order chi connectivity index (χ0) is 16.7. The maximum atomic E-state index is 13.7. The van der Waals surface area contributed by atoms with Gasteiger partial charge < -0.3 is 4.42 Å². The number of aryl methyl sites for hydroxylation is 1. The van der Waals surface area contributed by atoms with Gasteiger partial charge in [-0.3, -0.25) is 4.57 Å². The van der Waals surface area contributed by atoms with Crippen LogP contribution in [0, 0.1) is 12.7 Å². The minimum Gasteiger partial charge on any atom is -0.401 e. The molecule has 0 aliphatic heterocycles. The average molecular weight is 323 g/mol. The van der Waals surface area contributed by atoms with Gasteiger partial charge in [-0.1, -0.05) is 0 Å². The molecule has 7 nitrogen and oxygen atoms in total. The van der Waals surface area contributed by atoms with E-state index in [0.29, 0.717) is 11.4 Å². The Morgan fingerprint density at radius 3 is 2.79 bits per heavy atom. The van der Waals surface area contributed by atoms with Crippen LogP contribution in [0.2, 0.25) is 0 Å². The third-order valence-corrected chi connectivity index (χ3v) is 3.55. The van der Waals surface area contributed by atoms with Gasteiger partial charge in [-0.05, 0) is 30.7 Å². The quantitative estimate of drug-likeness (QED) is 0.562. The normalized spacial score (nSPS) is 11.1. The van der Waals surface area contributed by atoms with E-state index < -0.39 is 11.4 Å². The molecule has 0 amide bonds. The van der Waals surface area contributed by atoms with E-state index in [2.05, 4.69) is 20.2 Å². The number of nitrogens with zero attached hydrogens (tertiary/aromatic N) is 5. The van der Waals surface area contributed by atoms with Crippen LogP contribution < -0.4 is 5.63 Å². The molecule has 3 heterocycles. The third-order valence-electron chi connectivity index (χ3n) is 3.55. The summed E-state index contributed by atoms with van der Waals surface area (Å²) in [5, 5.41) is 8.26. The summed E-state index contributed by atoms with van der Waals surface area (Å²) in [7, 11) is 0.